The number of carbonyl (C=O) groups is 1. The first-order valence-corrected chi connectivity index (χ1v) is 10.9. The van der Waals surface area contributed by atoms with Crippen LogP contribution in [0.1, 0.15) is 49.4 Å². The van der Waals surface area contributed by atoms with E-state index in [4.69, 9.17) is 10.00 Å². The smallest absolute Gasteiger partial charge is 0.341 e. The van der Waals surface area contributed by atoms with E-state index in [0.29, 0.717) is 18.8 Å². The number of rotatable bonds is 5. The van der Waals surface area contributed by atoms with Crippen molar-refractivity contribution in [2.75, 3.05) is 31.1 Å². The van der Waals surface area contributed by atoms with Gasteiger partial charge in [-0.1, -0.05) is 6.42 Å². The van der Waals surface area contributed by atoms with Gasteiger partial charge in [-0.25, -0.2) is 13.2 Å². The molecule has 1 atom stereocenters. The summed E-state index contributed by atoms with van der Waals surface area (Å²) < 4.78 is 32.6. The molecule has 1 unspecified atom stereocenters. The van der Waals surface area contributed by atoms with Gasteiger partial charge in [0.15, 0.2) is 6.10 Å². The molecule has 146 valence electrons. The van der Waals surface area contributed by atoms with Crippen molar-refractivity contribution < 1.29 is 17.9 Å². The van der Waals surface area contributed by atoms with Gasteiger partial charge in [0.05, 0.1) is 16.1 Å². The van der Waals surface area contributed by atoms with Gasteiger partial charge in [0.2, 0.25) is 10.0 Å². The fraction of sp³-hybridized carbons (Fsp3) is 0.579. The van der Waals surface area contributed by atoms with Crippen molar-refractivity contribution in [3.63, 3.8) is 0 Å². The van der Waals surface area contributed by atoms with Crippen LogP contribution < -0.4 is 4.90 Å². The number of esters is 1. The summed E-state index contributed by atoms with van der Waals surface area (Å²) in [4.78, 5) is 14.8. The number of anilines is 1. The average molecular weight is 391 g/mol. The highest BCUT2D eigenvalue weighted by molar-refractivity contribution is 7.89. The zero-order valence-corrected chi connectivity index (χ0v) is 16.4. The Bertz CT molecular complexity index is 835. The third kappa shape index (κ3) is 4.25. The second-order valence-corrected chi connectivity index (χ2v) is 8.95. The molecule has 0 amide bonds. The molecular formula is C19H25N3O4S. The molecule has 2 heterocycles. The van der Waals surface area contributed by atoms with Crippen molar-refractivity contribution in [2.45, 2.75) is 50.0 Å². The largest absolute Gasteiger partial charge is 0.444 e. The Morgan fingerprint density at radius 1 is 1.11 bits per heavy atom. The van der Waals surface area contributed by atoms with Gasteiger partial charge < -0.3 is 9.64 Å². The summed E-state index contributed by atoms with van der Waals surface area (Å²) >= 11 is 0. The molecule has 0 spiro atoms. The van der Waals surface area contributed by atoms with Crippen molar-refractivity contribution in [1.82, 2.24) is 4.31 Å². The molecule has 7 nitrogen and oxygen atoms in total. The van der Waals surface area contributed by atoms with E-state index in [9.17, 15) is 13.2 Å². The van der Waals surface area contributed by atoms with E-state index in [1.807, 2.05) is 6.07 Å². The summed E-state index contributed by atoms with van der Waals surface area (Å²) in [6.07, 6.45) is 3.88. The molecule has 0 radical (unpaired) electrons. The standard InChI is InChI=1S/C19H25N3O4S/c1-15(14-20)26-19(23)17-13-16(7-8-18(17)21-9-5-6-10-21)27(24,25)22-11-3-2-4-12-22/h7-8,13,15H,2-6,9-12H2,1H3. The van der Waals surface area contributed by atoms with Gasteiger partial charge in [-0.15, -0.1) is 0 Å². The number of nitriles is 1. The highest BCUT2D eigenvalue weighted by atomic mass is 32.2. The van der Waals surface area contributed by atoms with Crippen molar-refractivity contribution >= 4 is 21.7 Å². The second kappa shape index (κ2) is 8.28. The van der Waals surface area contributed by atoms with Crippen molar-refractivity contribution in [2.24, 2.45) is 0 Å². The SMILES string of the molecule is CC(C#N)OC(=O)c1cc(S(=O)(=O)N2CCCCC2)ccc1N1CCCC1. The van der Waals surface area contributed by atoms with Crippen LogP contribution in [0.25, 0.3) is 0 Å². The summed E-state index contributed by atoms with van der Waals surface area (Å²) in [5.74, 6) is -0.665. The molecule has 0 aliphatic carbocycles. The van der Waals surface area contributed by atoms with E-state index in [2.05, 4.69) is 4.90 Å². The van der Waals surface area contributed by atoms with Crippen LogP contribution >= 0.6 is 0 Å². The number of hydrogen-bond donors (Lipinski definition) is 0. The van der Waals surface area contributed by atoms with Crippen LogP contribution in [0, 0.1) is 11.3 Å². The highest BCUT2D eigenvalue weighted by Crippen LogP contribution is 2.30. The van der Waals surface area contributed by atoms with Gasteiger partial charge in [0.1, 0.15) is 6.07 Å². The third-order valence-electron chi connectivity index (χ3n) is 5.05. The van der Waals surface area contributed by atoms with E-state index in [0.717, 1.165) is 45.2 Å². The zero-order chi connectivity index (χ0) is 19.4. The topological polar surface area (TPSA) is 90.7 Å². The first-order valence-electron chi connectivity index (χ1n) is 9.43. The van der Waals surface area contributed by atoms with Gasteiger partial charge in [0.25, 0.3) is 0 Å². The highest BCUT2D eigenvalue weighted by Gasteiger charge is 2.29. The Morgan fingerprint density at radius 3 is 2.37 bits per heavy atom. The summed E-state index contributed by atoms with van der Waals surface area (Å²) in [6, 6.07) is 6.54. The molecular weight excluding hydrogens is 366 g/mol. The quantitative estimate of drug-likeness (QED) is 0.717. The maximum Gasteiger partial charge on any atom is 0.341 e. The van der Waals surface area contributed by atoms with Crippen molar-refractivity contribution in [1.29, 1.82) is 5.26 Å². The van der Waals surface area contributed by atoms with E-state index >= 15 is 0 Å². The lowest BCUT2D eigenvalue weighted by Gasteiger charge is -2.27. The molecule has 0 N–H and O–H groups in total. The normalized spacial score (nSPS) is 19.5. The van der Waals surface area contributed by atoms with Crippen LogP contribution in [0.3, 0.4) is 0 Å². The van der Waals surface area contributed by atoms with Crippen LogP contribution in [0.2, 0.25) is 0 Å². The number of hydrogen-bond acceptors (Lipinski definition) is 6. The summed E-state index contributed by atoms with van der Waals surface area (Å²) in [7, 11) is -3.65. The molecule has 2 aliphatic rings. The number of nitrogens with zero attached hydrogens (tertiary/aromatic N) is 3. The van der Waals surface area contributed by atoms with Gasteiger partial charge in [-0.3, -0.25) is 0 Å². The molecule has 8 heteroatoms. The Kier molecular flexibility index (Phi) is 6.02. The maximum absolute atomic E-state index is 13.0. The first kappa shape index (κ1) is 19.6. The second-order valence-electron chi connectivity index (χ2n) is 7.01. The summed E-state index contributed by atoms with van der Waals surface area (Å²) in [6.45, 7) is 4.11. The van der Waals surface area contributed by atoms with E-state index in [1.54, 1.807) is 12.1 Å². The van der Waals surface area contributed by atoms with Crippen molar-refractivity contribution in [3.8, 4) is 6.07 Å². The Labute approximate surface area is 160 Å². The number of sulfonamides is 1. The predicted octanol–water partition coefficient (Wildman–Crippen LogP) is 2.53. The lowest BCUT2D eigenvalue weighted by Crippen LogP contribution is -2.35. The molecule has 2 aliphatic heterocycles. The fourth-order valence-corrected chi connectivity index (χ4v) is 5.12. The molecule has 0 aromatic heterocycles. The van der Waals surface area contributed by atoms with Crippen LogP contribution in [0.5, 0.6) is 0 Å². The minimum atomic E-state index is -3.65. The lowest BCUT2D eigenvalue weighted by molar-refractivity contribution is 0.0436. The molecule has 1 aromatic rings. The van der Waals surface area contributed by atoms with Crippen LogP contribution in [-0.4, -0.2) is 51.0 Å². The Balaban J connectivity index is 1.98. The zero-order valence-electron chi connectivity index (χ0n) is 15.6. The molecule has 0 bridgehead atoms. The predicted molar refractivity (Wildman–Crippen MR) is 101 cm³/mol. The average Bonchev–Trinajstić information content (AvgIpc) is 3.22. The first-order chi connectivity index (χ1) is 12.9. The summed E-state index contributed by atoms with van der Waals surface area (Å²) in [5.41, 5.74) is 0.873. The maximum atomic E-state index is 13.0. The van der Waals surface area contributed by atoms with E-state index in [-0.39, 0.29) is 10.5 Å². The van der Waals surface area contributed by atoms with Crippen LogP contribution in [0.4, 0.5) is 5.69 Å². The Hall–Kier alpha value is -2.11. The molecule has 27 heavy (non-hydrogen) atoms. The molecule has 1 aromatic carbocycles. The van der Waals surface area contributed by atoms with Crippen LogP contribution in [-0.2, 0) is 14.8 Å². The molecule has 2 fully saturated rings. The number of piperidine rings is 1. The summed E-state index contributed by atoms with van der Waals surface area (Å²) in [5, 5.41) is 8.93. The molecule has 3 rings (SSSR count). The number of benzene rings is 1. The minimum absolute atomic E-state index is 0.101. The number of ether oxygens (including phenoxy) is 1. The van der Waals surface area contributed by atoms with Crippen molar-refractivity contribution in [3.05, 3.63) is 23.8 Å². The van der Waals surface area contributed by atoms with E-state index in [1.165, 1.54) is 17.3 Å². The minimum Gasteiger partial charge on any atom is -0.444 e. The van der Waals surface area contributed by atoms with Gasteiger partial charge in [-0.2, -0.15) is 9.57 Å². The number of carbonyl (C=O) groups excluding carboxylic acids is 1. The molecule has 2 saturated heterocycles. The van der Waals surface area contributed by atoms with Gasteiger partial charge in [-0.05, 0) is 50.8 Å². The Morgan fingerprint density at radius 2 is 1.74 bits per heavy atom. The van der Waals surface area contributed by atoms with Gasteiger partial charge in [0, 0.05) is 26.2 Å². The third-order valence-corrected chi connectivity index (χ3v) is 6.95. The van der Waals surface area contributed by atoms with Crippen LogP contribution in [0.15, 0.2) is 23.1 Å². The monoisotopic (exact) mass is 391 g/mol. The fourth-order valence-electron chi connectivity index (χ4n) is 3.58. The van der Waals surface area contributed by atoms with E-state index < -0.39 is 22.1 Å². The molecule has 0 saturated carbocycles. The van der Waals surface area contributed by atoms with Gasteiger partial charge >= 0.3 is 5.97 Å². The lowest BCUT2D eigenvalue weighted by atomic mass is 10.1.